The molecule has 0 radical (unpaired) electrons. The molecule has 1 aliphatic rings. The van der Waals surface area contributed by atoms with Crippen molar-refractivity contribution >= 4 is 11.8 Å². The van der Waals surface area contributed by atoms with Gasteiger partial charge in [-0.05, 0) is 61.2 Å². The molecule has 0 bridgehead atoms. The van der Waals surface area contributed by atoms with Gasteiger partial charge in [0.15, 0.2) is 0 Å². The first kappa shape index (κ1) is 13.0. The lowest BCUT2D eigenvalue weighted by Gasteiger charge is -2.22. The fraction of sp³-hybridized carbons (Fsp3) is 0.600. The molecule has 2 rings (SSSR count). The predicted octanol–water partition coefficient (Wildman–Crippen LogP) is 3.98. The maximum Gasteiger partial charge on any atom is 0.0333 e. The summed E-state index contributed by atoms with van der Waals surface area (Å²) in [5, 5.41) is 3.72. The van der Waals surface area contributed by atoms with Gasteiger partial charge in [-0.25, -0.2) is 0 Å². The molecule has 0 aromatic heterocycles. The van der Waals surface area contributed by atoms with E-state index in [4.69, 9.17) is 0 Å². The average Bonchev–Trinajstić information content (AvgIpc) is 2.54. The largest absolute Gasteiger partial charge is 0.310 e. The number of aryl methyl sites for hydroxylation is 2. The third kappa shape index (κ3) is 2.86. The lowest BCUT2D eigenvalue weighted by atomic mass is 9.91. The summed E-state index contributed by atoms with van der Waals surface area (Å²) in [4.78, 5) is 0. The molecule has 0 spiro atoms. The Balaban J connectivity index is 2.36. The number of benzene rings is 1. The number of hydrogen-bond acceptors (Lipinski definition) is 2. The molecule has 1 aromatic carbocycles. The standard InChI is InChI=1S/C15H23NS/c1-4-8-16-14-7-9-17-10-13-11(2)5-6-12(3)15(13)14/h5-6,14,16H,4,7-10H2,1-3H3. The Hall–Kier alpha value is -0.470. The Morgan fingerprint density at radius 2 is 2.06 bits per heavy atom. The van der Waals surface area contributed by atoms with Gasteiger partial charge in [0.2, 0.25) is 0 Å². The van der Waals surface area contributed by atoms with Crippen LogP contribution in [0, 0.1) is 13.8 Å². The highest BCUT2D eigenvalue weighted by atomic mass is 32.2. The van der Waals surface area contributed by atoms with Gasteiger partial charge in [0.1, 0.15) is 0 Å². The van der Waals surface area contributed by atoms with E-state index in [1.54, 1.807) is 11.1 Å². The summed E-state index contributed by atoms with van der Waals surface area (Å²) in [5.74, 6) is 2.46. The smallest absolute Gasteiger partial charge is 0.0333 e. The summed E-state index contributed by atoms with van der Waals surface area (Å²) in [7, 11) is 0. The second kappa shape index (κ2) is 5.92. The molecule has 0 saturated heterocycles. The van der Waals surface area contributed by atoms with E-state index in [2.05, 4.69) is 50.0 Å². The van der Waals surface area contributed by atoms with Crippen molar-refractivity contribution in [1.82, 2.24) is 5.32 Å². The lowest BCUT2D eigenvalue weighted by molar-refractivity contribution is 0.519. The van der Waals surface area contributed by atoms with Gasteiger partial charge in [-0.1, -0.05) is 19.1 Å². The summed E-state index contributed by atoms with van der Waals surface area (Å²) < 4.78 is 0. The fourth-order valence-corrected chi connectivity index (χ4v) is 3.74. The highest BCUT2D eigenvalue weighted by Crippen LogP contribution is 2.34. The normalized spacial score (nSPS) is 19.8. The quantitative estimate of drug-likeness (QED) is 0.869. The van der Waals surface area contributed by atoms with Crippen molar-refractivity contribution in [2.75, 3.05) is 12.3 Å². The van der Waals surface area contributed by atoms with Gasteiger partial charge in [-0.3, -0.25) is 0 Å². The first-order chi connectivity index (χ1) is 8.24. The van der Waals surface area contributed by atoms with Crippen molar-refractivity contribution in [3.05, 3.63) is 34.4 Å². The predicted molar refractivity (Wildman–Crippen MR) is 77.7 cm³/mol. The first-order valence-electron chi connectivity index (χ1n) is 6.64. The third-order valence-electron chi connectivity index (χ3n) is 3.60. The lowest BCUT2D eigenvalue weighted by Crippen LogP contribution is -2.24. The van der Waals surface area contributed by atoms with Crippen LogP contribution in [-0.4, -0.2) is 12.3 Å². The molecule has 1 unspecified atom stereocenters. The number of fused-ring (bicyclic) bond motifs is 1. The van der Waals surface area contributed by atoms with Gasteiger partial charge >= 0.3 is 0 Å². The van der Waals surface area contributed by atoms with Gasteiger partial charge in [-0.2, -0.15) is 11.8 Å². The molecule has 17 heavy (non-hydrogen) atoms. The van der Waals surface area contributed by atoms with Gasteiger partial charge < -0.3 is 5.32 Å². The number of thioether (sulfide) groups is 1. The average molecular weight is 249 g/mol. The minimum atomic E-state index is 0.569. The van der Waals surface area contributed by atoms with E-state index in [-0.39, 0.29) is 0 Å². The molecule has 2 heteroatoms. The van der Waals surface area contributed by atoms with E-state index in [0.29, 0.717) is 6.04 Å². The van der Waals surface area contributed by atoms with E-state index in [0.717, 1.165) is 6.54 Å². The number of rotatable bonds is 3. The molecule has 1 atom stereocenters. The van der Waals surface area contributed by atoms with Gasteiger partial charge in [0, 0.05) is 11.8 Å². The summed E-state index contributed by atoms with van der Waals surface area (Å²) in [6.07, 6.45) is 2.48. The minimum Gasteiger partial charge on any atom is -0.310 e. The van der Waals surface area contributed by atoms with Crippen LogP contribution in [0.15, 0.2) is 12.1 Å². The van der Waals surface area contributed by atoms with Crippen LogP contribution < -0.4 is 5.32 Å². The van der Waals surface area contributed by atoms with E-state index < -0.39 is 0 Å². The Kier molecular flexibility index (Phi) is 4.52. The molecule has 0 fully saturated rings. The Morgan fingerprint density at radius 3 is 2.82 bits per heavy atom. The Morgan fingerprint density at radius 1 is 1.29 bits per heavy atom. The third-order valence-corrected chi connectivity index (χ3v) is 4.61. The molecule has 1 heterocycles. The second-order valence-electron chi connectivity index (χ2n) is 4.94. The topological polar surface area (TPSA) is 12.0 Å². The monoisotopic (exact) mass is 249 g/mol. The minimum absolute atomic E-state index is 0.569. The number of nitrogens with one attached hydrogen (secondary N) is 1. The van der Waals surface area contributed by atoms with E-state index in [1.807, 2.05) is 0 Å². The van der Waals surface area contributed by atoms with Crippen LogP contribution in [0.3, 0.4) is 0 Å². The van der Waals surface area contributed by atoms with Crippen LogP contribution >= 0.6 is 11.8 Å². The van der Waals surface area contributed by atoms with E-state index in [9.17, 15) is 0 Å². The van der Waals surface area contributed by atoms with E-state index in [1.165, 1.54) is 35.5 Å². The van der Waals surface area contributed by atoms with Crippen LogP contribution in [0.5, 0.6) is 0 Å². The van der Waals surface area contributed by atoms with Crippen molar-refractivity contribution in [1.29, 1.82) is 0 Å². The highest BCUT2D eigenvalue weighted by molar-refractivity contribution is 7.98. The summed E-state index contributed by atoms with van der Waals surface area (Å²) in [5.41, 5.74) is 6.09. The zero-order valence-electron chi connectivity index (χ0n) is 11.2. The zero-order valence-corrected chi connectivity index (χ0v) is 12.0. The van der Waals surface area contributed by atoms with Crippen LogP contribution in [0.4, 0.5) is 0 Å². The Labute approximate surface area is 109 Å². The fourth-order valence-electron chi connectivity index (χ4n) is 2.61. The van der Waals surface area contributed by atoms with Crippen molar-refractivity contribution in [3.8, 4) is 0 Å². The number of hydrogen-bond donors (Lipinski definition) is 1. The highest BCUT2D eigenvalue weighted by Gasteiger charge is 2.21. The van der Waals surface area contributed by atoms with Crippen molar-refractivity contribution in [3.63, 3.8) is 0 Å². The zero-order chi connectivity index (χ0) is 12.3. The van der Waals surface area contributed by atoms with E-state index >= 15 is 0 Å². The summed E-state index contributed by atoms with van der Waals surface area (Å²) in [6, 6.07) is 5.13. The summed E-state index contributed by atoms with van der Waals surface area (Å²) in [6.45, 7) is 7.88. The SMILES string of the molecule is CCCNC1CCSCc2c(C)ccc(C)c21. The second-order valence-corrected chi connectivity index (χ2v) is 6.04. The van der Waals surface area contributed by atoms with Gasteiger partial charge in [0.05, 0.1) is 0 Å². The molecular weight excluding hydrogens is 226 g/mol. The summed E-state index contributed by atoms with van der Waals surface area (Å²) >= 11 is 2.08. The van der Waals surface area contributed by atoms with Crippen molar-refractivity contribution in [2.24, 2.45) is 0 Å². The molecular formula is C15H23NS. The van der Waals surface area contributed by atoms with Crippen LogP contribution in [0.2, 0.25) is 0 Å². The molecule has 1 nitrogen and oxygen atoms in total. The maximum absolute atomic E-state index is 3.72. The van der Waals surface area contributed by atoms with Crippen LogP contribution in [0.25, 0.3) is 0 Å². The molecule has 1 aromatic rings. The molecule has 1 aliphatic heterocycles. The van der Waals surface area contributed by atoms with Gasteiger partial charge in [0.25, 0.3) is 0 Å². The molecule has 0 saturated carbocycles. The molecule has 1 N–H and O–H groups in total. The molecule has 0 aliphatic carbocycles. The van der Waals surface area contributed by atoms with Crippen LogP contribution in [0.1, 0.15) is 48.1 Å². The van der Waals surface area contributed by atoms with Gasteiger partial charge in [-0.15, -0.1) is 0 Å². The first-order valence-corrected chi connectivity index (χ1v) is 7.79. The van der Waals surface area contributed by atoms with Crippen molar-refractivity contribution < 1.29 is 0 Å². The molecule has 94 valence electrons. The Bertz CT molecular complexity index is 387. The van der Waals surface area contributed by atoms with Crippen LogP contribution in [-0.2, 0) is 5.75 Å². The molecule has 0 amide bonds. The van der Waals surface area contributed by atoms with Crippen molar-refractivity contribution in [2.45, 2.75) is 45.4 Å². The maximum atomic E-state index is 3.72.